The molecule has 1 atom stereocenters. The number of nitrogens with zero attached hydrogens (tertiary/aromatic N) is 1. The molecule has 7 nitrogen and oxygen atoms in total. The molecule has 0 saturated carbocycles. The van der Waals surface area contributed by atoms with E-state index in [0.29, 0.717) is 0 Å². The Morgan fingerprint density at radius 1 is 1.53 bits per heavy atom. The van der Waals surface area contributed by atoms with Gasteiger partial charge in [0.2, 0.25) is 10.0 Å². The topological polar surface area (TPSA) is 116 Å². The van der Waals surface area contributed by atoms with Gasteiger partial charge in [-0.2, -0.15) is 5.26 Å². The van der Waals surface area contributed by atoms with Crippen LogP contribution in [0.3, 0.4) is 0 Å². The van der Waals surface area contributed by atoms with Crippen molar-refractivity contribution < 1.29 is 23.1 Å². The number of carbonyl (C=O) groups is 1. The molecule has 0 aliphatic carbocycles. The second-order valence-electron chi connectivity index (χ2n) is 3.62. The van der Waals surface area contributed by atoms with Crippen LogP contribution in [-0.2, 0) is 14.8 Å². The summed E-state index contributed by atoms with van der Waals surface area (Å²) in [5.41, 5.74) is -0.0267. The summed E-state index contributed by atoms with van der Waals surface area (Å²) in [4.78, 5) is 10.7. The molecule has 1 rings (SSSR count). The average molecular weight is 284 g/mol. The highest BCUT2D eigenvalue weighted by molar-refractivity contribution is 7.94. The highest BCUT2D eigenvalue weighted by Crippen LogP contribution is 2.29. The predicted molar refractivity (Wildman–Crippen MR) is 67.3 cm³/mol. The highest BCUT2D eigenvalue weighted by atomic mass is 32.2. The summed E-state index contributed by atoms with van der Waals surface area (Å²) < 4.78 is 30.7. The summed E-state index contributed by atoms with van der Waals surface area (Å²) in [6.07, 6.45) is 0. The van der Waals surface area contributed by atoms with E-state index in [0.717, 1.165) is 6.92 Å². The number of nitriles is 1. The van der Waals surface area contributed by atoms with Crippen LogP contribution < -0.4 is 9.46 Å². The fourth-order valence-corrected chi connectivity index (χ4v) is 2.20. The van der Waals surface area contributed by atoms with Gasteiger partial charge >= 0.3 is 5.97 Å². The van der Waals surface area contributed by atoms with Gasteiger partial charge in [-0.15, -0.1) is 0 Å². The van der Waals surface area contributed by atoms with Crippen molar-refractivity contribution in [3.8, 4) is 11.8 Å². The summed E-state index contributed by atoms with van der Waals surface area (Å²) in [7, 11) is -2.84. The van der Waals surface area contributed by atoms with Crippen molar-refractivity contribution >= 4 is 21.7 Å². The molecule has 8 heteroatoms. The lowest BCUT2D eigenvalue weighted by atomic mass is 10.2. The van der Waals surface area contributed by atoms with E-state index in [1.165, 1.54) is 25.3 Å². The number of para-hydroxylation sites is 1. The van der Waals surface area contributed by atoms with E-state index in [9.17, 15) is 13.2 Å². The average Bonchev–Trinajstić information content (AvgIpc) is 2.37. The predicted octanol–water partition coefficient (Wildman–Crippen LogP) is 0.782. The molecule has 0 aliphatic heterocycles. The number of carboxylic acids is 1. The minimum atomic E-state index is -4.16. The van der Waals surface area contributed by atoms with Gasteiger partial charge in [0, 0.05) is 0 Å². The lowest BCUT2D eigenvalue weighted by Gasteiger charge is -2.15. The van der Waals surface area contributed by atoms with Crippen molar-refractivity contribution in [1.29, 1.82) is 5.26 Å². The Morgan fingerprint density at radius 3 is 2.63 bits per heavy atom. The first-order valence-electron chi connectivity index (χ1n) is 5.15. The maximum absolute atomic E-state index is 11.8. The zero-order valence-corrected chi connectivity index (χ0v) is 11.1. The van der Waals surface area contributed by atoms with E-state index < -0.39 is 21.2 Å². The largest absolute Gasteiger partial charge is 0.495 e. The Morgan fingerprint density at radius 2 is 2.16 bits per heavy atom. The number of anilines is 1. The molecule has 0 radical (unpaired) electrons. The van der Waals surface area contributed by atoms with Crippen LogP contribution in [-0.4, -0.2) is 31.9 Å². The van der Waals surface area contributed by atoms with Gasteiger partial charge in [0.15, 0.2) is 5.25 Å². The van der Waals surface area contributed by atoms with Crippen LogP contribution in [0.15, 0.2) is 18.2 Å². The molecule has 0 amide bonds. The van der Waals surface area contributed by atoms with Gasteiger partial charge in [-0.25, -0.2) is 8.42 Å². The molecule has 19 heavy (non-hydrogen) atoms. The number of ether oxygens (including phenoxy) is 1. The van der Waals surface area contributed by atoms with E-state index in [4.69, 9.17) is 15.1 Å². The fourth-order valence-electron chi connectivity index (χ4n) is 1.26. The molecular formula is C11H12N2O5S. The second kappa shape index (κ2) is 5.58. The molecule has 0 aromatic heterocycles. The van der Waals surface area contributed by atoms with Gasteiger partial charge in [-0.3, -0.25) is 9.52 Å². The number of benzene rings is 1. The van der Waals surface area contributed by atoms with E-state index in [-0.39, 0.29) is 17.0 Å². The number of hydrogen-bond acceptors (Lipinski definition) is 5. The summed E-state index contributed by atoms with van der Waals surface area (Å²) in [6, 6.07) is 6.19. The van der Waals surface area contributed by atoms with E-state index in [1.807, 2.05) is 0 Å². The molecule has 0 aliphatic rings. The van der Waals surface area contributed by atoms with Crippen LogP contribution in [0.2, 0.25) is 0 Å². The quantitative estimate of drug-likeness (QED) is 0.825. The molecule has 0 spiro atoms. The molecule has 0 saturated heterocycles. The fraction of sp³-hybridized carbons (Fsp3) is 0.273. The molecule has 2 N–H and O–H groups in total. The lowest BCUT2D eigenvalue weighted by molar-refractivity contribution is -0.136. The Kier molecular flexibility index (Phi) is 4.34. The molecule has 1 unspecified atom stereocenters. The molecule has 0 fully saturated rings. The van der Waals surface area contributed by atoms with E-state index >= 15 is 0 Å². The lowest BCUT2D eigenvalue weighted by Crippen LogP contribution is -2.32. The summed E-state index contributed by atoms with van der Waals surface area (Å²) in [5, 5.41) is 16.0. The molecular weight excluding hydrogens is 272 g/mol. The number of sulfonamides is 1. The Labute approximate surface area is 110 Å². The normalized spacial score (nSPS) is 12.3. The maximum Gasteiger partial charge on any atom is 0.323 e. The zero-order valence-electron chi connectivity index (χ0n) is 10.2. The zero-order chi connectivity index (χ0) is 14.6. The number of hydrogen-bond donors (Lipinski definition) is 2. The van der Waals surface area contributed by atoms with Gasteiger partial charge in [0.25, 0.3) is 0 Å². The van der Waals surface area contributed by atoms with Crippen LogP contribution in [0.1, 0.15) is 12.5 Å². The van der Waals surface area contributed by atoms with Crippen LogP contribution in [0.4, 0.5) is 5.69 Å². The van der Waals surface area contributed by atoms with Crippen molar-refractivity contribution in [3.63, 3.8) is 0 Å². The number of nitrogens with one attached hydrogen (secondary N) is 1. The smallest absolute Gasteiger partial charge is 0.323 e. The Bertz CT molecular complexity index is 633. The minimum Gasteiger partial charge on any atom is -0.495 e. The summed E-state index contributed by atoms with van der Waals surface area (Å²) in [6.45, 7) is 1.03. The Hall–Kier alpha value is -2.27. The van der Waals surface area contributed by atoms with Gasteiger partial charge in [0.1, 0.15) is 17.5 Å². The monoisotopic (exact) mass is 284 g/mol. The number of rotatable bonds is 5. The minimum absolute atomic E-state index is 0.0421. The first-order valence-corrected chi connectivity index (χ1v) is 6.69. The Balaban J connectivity index is 3.27. The molecule has 0 heterocycles. The van der Waals surface area contributed by atoms with Crippen molar-refractivity contribution in [3.05, 3.63) is 23.8 Å². The van der Waals surface area contributed by atoms with Crippen molar-refractivity contribution in [1.82, 2.24) is 0 Å². The highest BCUT2D eigenvalue weighted by Gasteiger charge is 2.29. The van der Waals surface area contributed by atoms with Crippen molar-refractivity contribution in [2.75, 3.05) is 11.8 Å². The van der Waals surface area contributed by atoms with E-state index in [2.05, 4.69) is 4.72 Å². The standard InChI is InChI=1S/C11H12N2O5S/c1-7(11(14)15)19(16,17)13-10-8(6-12)4-3-5-9(10)18-2/h3-5,7,13H,1-2H3,(H,14,15). The van der Waals surface area contributed by atoms with Crippen molar-refractivity contribution in [2.24, 2.45) is 0 Å². The molecule has 1 aromatic carbocycles. The maximum atomic E-state index is 11.8. The third kappa shape index (κ3) is 3.14. The summed E-state index contributed by atoms with van der Waals surface area (Å²) in [5.74, 6) is -1.35. The van der Waals surface area contributed by atoms with Crippen LogP contribution in [0.25, 0.3) is 0 Å². The van der Waals surface area contributed by atoms with Gasteiger partial charge in [-0.1, -0.05) is 6.07 Å². The van der Waals surface area contributed by atoms with E-state index in [1.54, 1.807) is 6.07 Å². The van der Waals surface area contributed by atoms with Crippen LogP contribution in [0, 0.1) is 11.3 Å². The van der Waals surface area contributed by atoms with Crippen LogP contribution >= 0.6 is 0 Å². The first-order chi connectivity index (χ1) is 8.83. The third-order valence-electron chi connectivity index (χ3n) is 2.42. The molecule has 1 aromatic rings. The van der Waals surface area contributed by atoms with Gasteiger partial charge in [0.05, 0.1) is 12.7 Å². The van der Waals surface area contributed by atoms with Gasteiger partial charge < -0.3 is 9.84 Å². The second-order valence-corrected chi connectivity index (χ2v) is 5.62. The number of methoxy groups -OCH3 is 1. The number of aliphatic carboxylic acids is 1. The summed E-state index contributed by atoms with van der Waals surface area (Å²) >= 11 is 0. The first kappa shape index (κ1) is 14.8. The van der Waals surface area contributed by atoms with Crippen LogP contribution in [0.5, 0.6) is 5.75 Å². The SMILES string of the molecule is COc1cccc(C#N)c1NS(=O)(=O)C(C)C(=O)O. The van der Waals surface area contributed by atoms with Gasteiger partial charge in [-0.05, 0) is 19.1 Å². The third-order valence-corrected chi connectivity index (χ3v) is 4.05. The molecule has 102 valence electrons. The molecule has 0 bridgehead atoms. The number of carboxylic acid groups (broad SMARTS) is 1. The van der Waals surface area contributed by atoms with Crippen molar-refractivity contribution in [2.45, 2.75) is 12.2 Å².